The molecule has 2 heteroatoms. The quantitative estimate of drug-likeness (QED) is 0.135. The van der Waals surface area contributed by atoms with E-state index in [0.717, 1.165) is 0 Å². The number of hydrogen-bond donors (Lipinski definition) is 0. The van der Waals surface area contributed by atoms with Gasteiger partial charge in [-0.3, -0.25) is 0 Å². The molecular weight excluding hydrogens is 848 g/mol. The van der Waals surface area contributed by atoms with E-state index in [1.54, 1.807) is 44.6 Å². The predicted octanol–water partition coefficient (Wildman–Crippen LogP) is 16.7. The van der Waals surface area contributed by atoms with Crippen LogP contribution < -0.4 is 0 Å². The third-order valence-corrected chi connectivity index (χ3v) is 25.8. The molecule has 58 heavy (non-hydrogen) atoms. The monoisotopic (exact) mass is 939 g/mol. The summed E-state index contributed by atoms with van der Waals surface area (Å²) in [7, 11) is 0. The SMILES string of the molecule is CC(C)C1=C(C(C)C)[C]([Sr][C]2(C(C)C)C(C(C)C)=C(C(C)C)C(C3(C(C)C)C=CC(C(C)C)=C3C(C)C)=C2C2(C(C)C)C=CC(C(C)C)=C2C(C)C)(C(C)C)C=C1.[Sr]. The predicted molar refractivity (Wildman–Crippen MR) is 262 cm³/mol. The Kier molecular flexibility index (Phi) is 17.9. The van der Waals surface area contributed by atoms with E-state index in [4.69, 9.17) is 0 Å². The molecule has 0 spiro atoms. The van der Waals surface area contributed by atoms with Gasteiger partial charge in [0.25, 0.3) is 0 Å². The molecule has 0 aromatic rings. The number of rotatable bonds is 16. The van der Waals surface area contributed by atoms with Gasteiger partial charge >= 0.3 is 382 Å². The third kappa shape index (κ3) is 8.23. The van der Waals surface area contributed by atoms with Gasteiger partial charge in [0.2, 0.25) is 0 Å². The molecule has 0 aliphatic heterocycles. The van der Waals surface area contributed by atoms with Gasteiger partial charge in [0, 0.05) is 45.5 Å². The largest absolute Gasteiger partial charge is 0 e. The summed E-state index contributed by atoms with van der Waals surface area (Å²) in [5.74, 6) is 5.68. The van der Waals surface area contributed by atoms with Crippen molar-refractivity contribution >= 4 is 86.5 Å². The van der Waals surface area contributed by atoms with Gasteiger partial charge in [-0.15, -0.1) is 0 Å². The zero-order chi connectivity index (χ0) is 43.7. The maximum Gasteiger partial charge on any atom is 0 e. The Balaban J connectivity index is 0.00000900. The van der Waals surface area contributed by atoms with Crippen LogP contribution in [0.3, 0.4) is 0 Å². The van der Waals surface area contributed by atoms with Gasteiger partial charge in [0.1, 0.15) is 0 Å². The summed E-state index contributed by atoms with van der Waals surface area (Å²) in [4.78, 5) is 0. The van der Waals surface area contributed by atoms with E-state index < -0.39 is 41.0 Å². The minimum absolute atomic E-state index is 0. The normalized spacial score (nSPS) is 28.0. The van der Waals surface area contributed by atoms with Gasteiger partial charge < -0.3 is 0 Å². The fourth-order valence-corrected chi connectivity index (χ4v) is 24.0. The van der Waals surface area contributed by atoms with Crippen molar-refractivity contribution in [2.24, 2.45) is 81.8 Å². The van der Waals surface area contributed by atoms with Crippen molar-refractivity contribution in [2.45, 2.75) is 167 Å². The van der Waals surface area contributed by atoms with Crippen LogP contribution in [-0.2, 0) is 0 Å². The molecule has 0 saturated carbocycles. The first-order valence-corrected chi connectivity index (χ1v) is 27.5. The van der Waals surface area contributed by atoms with Gasteiger partial charge in [-0.25, -0.2) is 0 Å². The van der Waals surface area contributed by atoms with Crippen LogP contribution in [0.2, 0.25) is 0.772 Å². The van der Waals surface area contributed by atoms with Crippen LogP contribution in [0.1, 0.15) is 166 Å². The van der Waals surface area contributed by atoms with Gasteiger partial charge in [-0.2, -0.15) is 0 Å². The zero-order valence-electron chi connectivity index (χ0n) is 42.8. The smallest absolute Gasteiger partial charge is 0 e. The minimum Gasteiger partial charge on any atom is 0 e. The molecule has 4 rings (SSSR count). The summed E-state index contributed by atoms with van der Waals surface area (Å²) >= 11 is -2.11. The van der Waals surface area contributed by atoms with E-state index in [2.05, 4.69) is 203 Å². The van der Waals surface area contributed by atoms with Crippen LogP contribution in [0, 0.1) is 81.8 Å². The van der Waals surface area contributed by atoms with Gasteiger partial charge in [-0.05, 0) is 0 Å². The van der Waals surface area contributed by atoms with Crippen LogP contribution in [0.5, 0.6) is 0 Å². The first kappa shape index (κ1) is 53.2. The Bertz CT molecular complexity index is 1780. The van der Waals surface area contributed by atoms with E-state index in [1.165, 1.54) is 0 Å². The van der Waals surface area contributed by atoms with E-state index in [-0.39, 0.29) is 57.1 Å². The van der Waals surface area contributed by atoms with E-state index >= 15 is 0 Å². The molecule has 0 nitrogen and oxygen atoms in total. The molecule has 4 aliphatic carbocycles. The number of allylic oxidation sites excluding steroid dienone is 16. The molecular formula is C56H90Sr2. The minimum atomic E-state index is -2.11. The molecule has 0 fully saturated rings. The Morgan fingerprint density at radius 2 is 0.724 bits per heavy atom. The molecule has 0 amide bonds. The standard InChI is InChI=1S/C42H67.C14H23.2Sr/c1-23(2)32-19-21-41(30(15)16,37(32)28(11)12)39-35(26(7)8)34(25(5)6)36(27(9)10)40(39)42(31(17)18)22-20-33(24(3)4)38(42)29(13)14;1-9(2)12-7-8-13(10(3)4)14(12)11(5)6;;/h19-31H,1-18H3;7-11H,1-6H3;;. The van der Waals surface area contributed by atoms with Crippen molar-refractivity contribution in [3.8, 4) is 0 Å². The van der Waals surface area contributed by atoms with E-state index in [1.807, 2.05) is 11.1 Å². The van der Waals surface area contributed by atoms with Gasteiger partial charge in [0.15, 0.2) is 0 Å². The molecule has 0 aromatic heterocycles. The van der Waals surface area contributed by atoms with Crippen LogP contribution in [0.25, 0.3) is 0 Å². The van der Waals surface area contributed by atoms with Crippen molar-refractivity contribution in [1.82, 2.24) is 0 Å². The van der Waals surface area contributed by atoms with Crippen molar-refractivity contribution in [3.05, 3.63) is 92.2 Å². The van der Waals surface area contributed by atoms with E-state index in [9.17, 15) is 0 Å². The maximum atomic E-state index is 2.83. The summed E-state index contributed by atoms with van der Waals surface area (Å²) in [5, 5.41) is 0. The summed E-state index contributed by atoms with van der Waals surface area (Å²) in [6.45, 7) is 61.2. The topological polar surface area (TPSA) is 0 Å². The second-order valence-corrected chi connectivity index (χ2v) is 29.5. The molecule has 4 aliphatic rings. The molecule has 2 radical (unpaired) electrons. The van der Waals surface area contributed by atoms with Crippen molar-refractivity contribution in [1.29, 1.82) is 0 Å². The second kappa shape index (κ2) is 19.5. The van der Waals surface area contributed by atoms with Gasteiger partial charge in [0.05, 0.1) is 0 Å². The fourth-order valence-electron chi connectivity index (χ4n) is 13.6. The Morgan fingerprint density at radius 1 is 0.362 bits per heavy atom. The molecule has 4 unspecified atom stereocenters. The molecule has 0 saturated heterocycles. The maximum absolute atomic E-state index is 2.83. The Morgan fingerprint density at radius 3 is 1.05 bits per heavy atom. The molecule has 0 heterocycles. The summed E-state index contributed by atoms with van der Waals surface area (Å²) in [6, 6.07) is 0. The molecule has 318 valence electrons. The van der Waals surface area contributed by atoms with Crippen LogP contribution >= 0.6 is 0 Å². The van der Waals surface area contributed by atoms with Crippen molar-refractivity contribution < 1.29 is 0 Å². The zero-order valence-corrected chi connectivity index (χ0v) is 49.8. The molecule has 0 bridgehead atoms. The average Bonchev–Trinajstić information content (AvgIpc) is 3.83. The molecule has 0 N–H and O–H groups in total. The number of hydrogen-bond acceptors (Lipinski definition) is 0. The van der Waals surface area contributed by atoms with Crippen molar-refractivity contribution in [2.75, 3.05) is 0 Å². The third-order valence-electron chi connectivity index (χ3n) is 15.7. The first-order chi connectivity index (χ1) is 26.2. The van der Waals surface area contributed by atoms with Gasteiger partial charge in [-0.1, -0.05) is 0 Å². The van der Waals surface area contributed by atoms with Crippen LogP contribution in [0.15, 0.2) is 92.2 Å². The van der Waals surface area contributed by atoms with Crippen LogP contribution in [0.4, 0.5) is 0 Å². The Labute approximate surface area is 422 Å². The Hall–Kier alpha value is 0.881. The molecule has 4 atom stereocenters. The van der Waals surface area contributed by atoms with Crippen LogP contribution in [-0.4, -0.2) is 86.5 Å². The first-order valence-electron chi connectivity index (χ1n) is 24.0. The average molecular weight is 939 g/mol. The van der Waals surface area contributed by atoms with Crippen molar-refractivity contribution in [3.63, 3.8) is 0 Å². The molecule has 0 aromatic carbocycles. The summed E-state index contributed by atoms with van der Waals surface area (Å²) < 4.78 is 0.188. The summed E-state index contributed by atoms with van der Waals surface area (Å²) in [6.07, 6.45) is 16.3. The fraction of sp³-hybridized carbons (Fsp3) is 0.714. The van der Waals surface area contributed by atoms with E-state index in [0.29, 0.717) is 71.0 Å². The summed E-state index contributed by atoms with van der Waals surface area (Å²) in [5.41, 5.74) is 17.0. The second-order valence-electron chi connectivity index (χ2n) is 23.0.